The minimum atomic E-state index is -0.908. The van der Waals surface area contributed by atoms with Gasteiger partial charge in [0.2, 0.25) is 0 Å². The first-order chi connectivity index (χ1) is 11.5. The van der Waals surface area contributed by atoms with Crippen LogP contribution in [0.15, 0.2) is 54.6 Å². The molecule has 0 unspecified atom stereocenters. The van der Waals surface area contributed by atoms with Crippen LogP contribution in [0.2, 0.25) is 5.02 Å². The van der Waals surface area contributed by atoms with Crippen LogP contribution in [-0.2, 0) is 14.3 Å². The summed E-state index contributed by atoms with van der Waals surface area (Å²) in [7, 11) is 0. The van der Waals surface area contributed by atoms with Gasteiger partial charge in [-0.2, -0.15) is 0 Å². The second kappa shape index (κ2) is 8.31. The third-order valence-corrected chi connectivity index (χ3v) is 3.60. The molecular weight excluding hydrogens is 326 g/mol. The van der Waals surface area contributed by atoms with Gasteiger partial charge in [0.1, 0.15) is 0 Å². The summed E-state index contributed by atoms with van der Waals surface area (Å²) in [6.45, 7) is 3.45. The Morgan fingerprint density at radius 1 is 1.17 bits per heavy atom. The van der Waals surface area contributed by atoms with E-state index in [-0.39, 0.29) is 5.91 Å². The van der Waals surface area contributed by atoms with Crippen molar-refractivity contribution in [3.63, 3.8) is 0 Å². The van der Waals surface area contributed by atoms with E-state index in [1.54, 1.807) is 30.3 Å². The van der Waals surface area contributed by atoms with Crippen LogP contribution in [0.1, 0.15) is 18.1 Å². The number of hydrogen-bond donors (Lipinski definition) is 1. The Hall–Kier alpha value is -2.59. The van der Waals surface area contributed by atoms with Crippen molar-refractivity contribution in [2.45, 2.75) is 20.0 Å². The van der Waals surface area contributed by atoms with Crippen molar-refractivity contribution in [1.82, 2.24) is 0 Å². The molecule has 5 heteroatoms. The van der Waals surface area contributed by atoms with Crippen LogP contribution >= 0.6 is 11.6 Å². The van der Waals surface area contributed by atoms with Gasteiger partial charge in [-0.15, -0.1) is 0 Å². The lowest BCUT2D eigenvalue weighted by Gasteiger charge is -2.12. The van der Waals surface area contributed by atoms with Crippen molar-refractivity contribution in [2.24, 2.45) is 0 Å². The van der Waals surface area contributed by atoms with Gasteiger partial charge in [-0.1, -0.05) is 41.9 Å². The van der Waals surface area contributed by atoms with Crippen molar-refractivity contribution in [1.29, 1.82) is 0 Å². The summed E-state index contributed by atoms with van der Waals surface area (Å²) in [4.78, 5) is 23.9. The zero-order chi connectivity index (χ0) is 17.5. The topological polar surface area (TPSA) is 55.4 Å². The summed E-state index contributed by atoms with van der Waals surface area (Å²) in [6, 6.07) is 14.5. The minimum absolute atomic E-state index is 0.389. The van der Waals surface area contributed by atoms with Crippen LogP contribution in [0.3, 0.4) is 0 Å². The average Bonchev–Trinajstić information content (AvgIpc) is 2.54. The van der Waals surface area contributed by atoms with E-state index >= 15 is 0 Å². The highest BCUT2D eigenvalue weighted by Crippen LogP contribution is 2.16. The highest BCUT2D eigenvalue weighted by atomic mass is 35.5. The zero-order valence-corrected chi connectivity index (χ0v) is 14.2. The summed E-state index contributed by atoms with van der Waals surface area (Å²) in [5.41, 5.74) is 2.39. The monoisotopic (exact) mass is 343 g/mol. The molecule has 0 saturated carbocycles. The molecule has 0 spiro atoms. The van der Waals surface area contributed by atoms with E-state index in [1.807, 2.05) is 31.2 Å². The third-order valence-electron chi connectivity index (χ3n) is 3.25. The maximum absolute atomic E-state index is 12.1. The molecule has 1 atom stereocenters. The van der Waals surface area contributed by atoms with E-state index in [4.69, 9.17) is 16.3 Å². The van der Waals surface area contributed by atoms with Gasteiger partial charge in [0.15, 0.2) is 6.10 Å². The van der Waals surface area contributed by atoms with Crippen molar-refractivity contribution >= 4 is 35.2 Å². The highest BCUT2D eigenvalue weighted by Gasteiger charge is 2.16. The molecule has 1 N–H and O–H groups in total. The molecule has 0 heterocycles. The minimum Gasteiger partial charge on any atom is -0.449 e. The largest absolute Gasteiger partial charge is 0.449 e. The second-order valence-electron chi connectivity index (χ2n) is 5.29. The Morgan fingerprint density at radius 2 is 1.92 bits per heavy atom. The number of ether oxygens (including phenoxy) is 1. The van der Waals surface area contributed by atoms with Crippen molar-refractivity contribution in [3.05, 3.63) is 70.8 Å². The summed E-state index contributed by atoms with van der Waals surface area (Å²) in [5.74, 6) is -0.998. The molecular formula is C19H18ClNO3. The van der Waals surface area contributed by atoms with Crippen LogP contribution in [0.4, 0.5) is 5.69 Å². The lowest BCUT2D eigenvalue weighted by atomic mass is 10.2. The average molecular weight is 344 g/mol. The number of rotatable bonds is 5. The van der Waals surface area contributed by atoms with Crippen molar-refractivity contribution < 1.29 is 14.3 Å². The maximum atomic E-state index is 12.1. The lowest BCUT2D eigenvalue weighted by Crippen LogP contribution is -2.29. The summed E-state index contributed by atoms with van der Waals surface area (Å²) < 4.78 is 5.10. The maximum Gasteiger partial charge on any atom is 0.331 e. The molecule has 0 saturated heterocycles. The number of anilines is 1. The van der Waals surface area contributed by atoms with Crippen LogP contribution < -0.4 is 5.32 Å². The number of aryl methyl sites for hydroxylation is 1. The van der Waals surface area contributed by atoms with E-state index < -0.39 is 12.1 Å². The van der Waals surface area contributed by atoms with E-state index in [0.717, 1.165) is 5.56 Å². The van der Waals surface area contributed by atoms with Gasteiger partial charge < -0.3 is 10.1 Å². The fraction of sp³-hybridized carbons (Fsp3) is 0.158. The van der Waals surface area contributed by atoms with Crippen LogP contribution in [0.5, 0.6) is 0 Å². The normalized spacial score (nSPS) is 12.0. The molecule has 0 radical (unpaired) electrons. The molecule has 0 aromatic heterocycles. The fourth-order valence-electron chi connectivity index (χ4n) is 2.00. The quantitative estimate of drug-likeness (QED) is 0.652. The number of esters is 1. The first-order valence-corrected chi connectivity index (χ1v) is 7.84. The number of amides is 1. The Balaban J connectivity index is 1.91. The molecule has 124 valence electrons. The standard InChI is InChI=1S/C19H18ClNO3/c1-13-6-5-8-16(12-13)21-19(23)14(2)24-18(22)11-10-15-7-3-4-9-17(15)20/h3-12,14H,1-2H3,(H,21,23)/b11-10+/t14-/m1/s1. The van der Waals surface area contributed by atoms with Gasteiger partial charge >= 0.3 is 5.97 Å². The number of benzene rings is 2. The van der Waals surface area contributed by atoms with Gasteiger partial charge in [-0.3, -0.25) is 4.79 Å². The first kappa shape index (κ1) is 17.8. The van der Waals surface area contributed by atoms with Crippen LogP contribution in [-0.4, -0.2) is 18.0 Å². The molecule has 0 fully saturated rings. The zero-order valence-electron chi connectivity index (χ0n) is 13.5. The Kier molecular flexibility index (Phi) is 6.15. The molecule has 1 amide bonds. The van der Waals surface area contributed by atoms with Gasteiger partial charge in [0, 0.05) is 16.8 Å². The van der Waals surface area contributed by atoms with Gasteiger partial charge in [-0.25, -0.2) is 4.79 Å². The molecule has 24 heavy (non-hydrogen) atoms. The Bertz CT molecular complexity index is 771. The molecule has 0 bridgehead atoms. The smallest absolute Gasteiger partial charge is 0.331 e. The van der Waals surface area contributed by atoms with Crippen LogP contribution in [0.25, 0.3) is 6.08 Å². The number of halogens is 1. The first-order valence-electron chi connectivity index (χ1n) is 7.46. The summed E-state index contributed by atoms with van der Waals surface area (Å²) >= 11 is 6.00. The second-order valence-corrected chi connectivity index (χ2v) is 5.70. The number of carbonyl (C=O) groups excluding carboxylic acids is 2. The van der Waals surface area contributed by atoms with E-state index in [1.165, 1.54) is 13.0 Å². The summed E-state index contributed by atoms with van der Waals surface area (Å²) in [6.07, 6.45) is 1.89. The van der Waals surface area contributed by atoms with Crippen molar-refractivity contribution in [2.75, 3.05) is 5.32 Å². The molecule has 4 nitrogen and oxygen atoms in total. The van der Waals surface area contributed by atoms with Crippen LogP contribution in [0, 0.1) is 6.92 Å². The predicted molar refractivity (Wildman–Crippen MR) is 95.8 cm³/mol. The number of hydrogen-bond acceptors (Lipinski definition) is 3. The van der Waals surface area contributed by atoms with E-state index in [0.29, 0.717) is 16.3 Å². The van der Waals surface area contributed by atoms with Gasteiger partial charge in [-0.05, 0) is 49.2 Å². The number of carbonyl (C=O) groups is 2. The van der Waals surface area contributed by atoms with E-state index in [2.05, 4.69) is 5.32 Å². The Labute approximate surface area is 146 Å². The van der Waals surface area contributed by atoms with E-state index in [9.17, 15) is 9.59 Å². The molecule has 0 aliphatic heterocycles. The number of nitrogens with one attached hydrogen (secondary N) is 1. The Morgan fingerprint density at radius 3 is 2.62 bits per heavy atom. The molecule has 2 aromatic carbocycles. The fourth-order valence-corrected chi connectivity index (χ4v) is 2.20. The van der Waals surface area contributed by atoms with Gasteiger partial charge in [0.05, 0.1) is 0 Å². The molecule has 2 aromatic rings. The van der Waals surface area contributed by atoms with Crippen molar-refractivity contribution in [3.8, 4) is 0 Å². The molecule has 0 aliphatic carbocycles. The highest BCUT2D eigenvalue weighted by molar-refractivity contribution is 6.32. The third kappa shape index (κ3) is 5.25. The molecule has 0 aliphatic rings. The SMILES string of the molecule is Cc1cccc(NC(=O)[C@@H](C)OC(=O)/C=C/c2ccccc2Cl)c1. The lowest BCUT2D eigenvalue weighted by molar-refractivity contribution is -0.148. The predicted octanol–water partition coefficient (Wildman–Crippen LogP) is 4.23. The molecule has 2 rings (SSSR count). The van der Waals surface area contributed by atoms with Gasteiger partial charge in [0.25, 0.3) is 5.91 Å². The summed E-state index contributed by atoms with van der Waals surface area (Å²) in [5, 5.41) is 3.24.